The monoisotopic (exact) mass is 172 g/mol. The van der Waals surface area contributed by atoms with Crippen LogP contribution in [0.5, 0.6) is 0 Å². The Kier molecular flexibility index (Phi) is 4.90. The number of hydrogen-bond donors (Lipinski definition) is 1. The highest BCUT2D eigenvalue weighted by Gasteiger charge is 2.15. The first-order valence-corrected chi connectivity index (χ1v) is 4.46. The van der Waals surface area contributed by atoms with Gasteiger partial charge in [-0.3, -0.25) is 4.79 Å². The quantitative estimate of drug-likeness (QED) is 0.682. The molecule has 1 unspecified atom stereocenters. The number of carbonyl (C=O) groups excluding carboxylic acids is 1. The molecule has 0 spiro atoms. The minimum Gasteiger partial charge on any atom is -0.347 e. The SMILES string of the molecule is CCC(C)N[C@H](C)C(=O)N(C)C. The first-order chi connectivity index (χ1) is 5.49. The smallest absolute Gasteiger partial charge is 0.238 e. The van der Waals surface area contributed by atoms with E-state index in [1.54, 1.807) is 19.0 Å². The van der Waals surface area contributed by atoms with Gasteiger partial charge < -0.3 is 10.2 Å². The lowest BCUT2D eigenvalue weighted by Gasteiger charge is -2.21. The molecule has 12 heavy (non-hydrogen) atoms. The van der Waals surface area contributed by atoms with Gasteiger partial charge in [-0.25, -0.2) is 0 Å². The van der Waals surface area contributed by atoms with Crippen molar-refractivity contribution in [2.75, 3.05) is 14.1 Å². The Morgan fingerprint density at radius 1 is 1.42 bits per heavy atom. The molecule has 0 aromatic carbocycles. The number of nitrogens with one attached hydrogen (secondary N) is 1. The molecule has 0 saturated carbocycles. The lowest BCUT2D eigenvalue weighted by atomic mass is 10.2. The Balaban J connectivity index is 3.86. The van der Waals surface area contributed by atoms with Crippen molar-refractivity contribution in [3.8, 4) is 0 Å². The molecule has 0 aliphatic heterocycles. The molecular weight excluding hydrogens is 152 g/mol. The zero-order valence-electron chi connectivity index (χ0n) is 8.72. The number of rotatable bonds is 4. The third kappa shape index (κ3) is 3.72. The first-order valence-electron chi connectivity index (χ1n) is 4.46. The molecule has 0 saturated heterocycles. The van der Waals surface area contributed by atoms with Crippen molar-refractivity contribution in [3.05, 3.63) is 0 Å². The highest BCUT2D eigenvalue weighted by atomic mass is 16.2. The van der Waals surface area contributed by atoms with Crippen LogP contribution >= 0.6 is 0 Å². The van der Waals surface area contributed by atoms with Crippen LogP contribution in [0.25, 0.3) is 0 Å². The lowest BCUT2D eigenvalue weighted by molar-refractivity contribution is -0.130. The Bertz CT molecular complexity index is 145. The fourth-order valence-electron chi connectivity index (χ4n) is 1.00. The van der Waals surface area contributed by atoms with E-state index in [1.165, 1.54) is 0 Å². The predicted molar refractivity (Wildman–Crippen MR) is 51.0 cm³/mol. The van der Waals surface area contributed by atoms with E-state index in [-0.39, 0.29) is 11.9 Å². The van der Waals surface area contributed by atoms with Crippen molar-refractivity contribution >= 4 is 5.91 Å². The van der Waals surface area contributed by atoms with Crippen LogP contribution in [0.1, 0.15) is 27.2 Å². The van der Waals surface area contributed by atoms with Crippen LogP contribution in [0.2, 0.25) is 0 Å². The third-order valence-corrected chi connectivity index (χ3v) is 1.96. The Hall–Kier alpha value is -0.570. The second-order valence-corrected chi connectivity index (χ2v) is 3.43. The summed E-state index contributed by atoms with van der Waals surface area (Å²) in [6, 6.07) is 0.332. The second kappa shape index (κ2) is 5.14. The van der Waals surface area contributed by atoms with Crippen LogP contribution in [0.15, 0.2) is 0 Å². The predicted octanol–water partition coefficient (Wildman–Crippen LogP) is 0.851. The molecule has 0 aliphatic carbocycles. The van der Waals surface area contributed by atoms with E-state index in [1.807, 2.05) is 6.92 Å². The molecule has 0 aromatic heterocycles. The Morgan fingerprint density at radius 3 is 2.25 bits per heavy atom. The van der Waals surface area contributed by atoms with E-state index in [9.17, 15) is 4.79 Å². The van der Waals surface area contributed by atoms with Crippen molar-refractivity contribution in [2.24, 2.45) is 0 Å². The Labute approximate surface area is 75.1 Å². The van der Waals surface area contributed by atoms with E-state index < -0.39 is 0 Å². The average molecular weight is 172 g/mol. The van der Waals surface area contributed by atoms with Gasteiger partial charge in [0.2, 0.25) is 5.91 Å². The molecule has 1 amide bonds. The summed E-state index contributed by atoms with van der Waals surface area (Å²) < 4.78 is 0. The van der Waals surface area contributed by atoms with E-state index in [4.69, 9.17) is 0 Å². The molecule has 0 bridgehead atoms. The summed E-state index contributed by atoms with van der Waals surface area (Å²) in [5.41, 5.74) is 0. The lowest BCUT2D eigenvalue weighted by Crippen LogP contribution is -2.44. The zero-order valence-corrected chi connectivity index (χ0v) is 8.72. The summed E-state index contributed by atoms with van der Waals surface area (Å²) in [4.78, 5) is 13.0. The highest BCUT2D eigenvalue weighted by Crippen LogP contribution is 1.94. The number of hydrogen-bond acceptors (Lipinski definition) is 2. The van der Waals surface area contributed by atoms with Crippen LogP contribution in [0.3, 0.4) is 0 Å². The second-order valence-electron chi connectivity index (χ2n) is 3.43. The van der Waals surface area contributed by atoms with Gasteiger partial charge in [0.15, 0.2) is 0 Å². The first kappa shape index (κ1) is 11.4. The van der Waals surface area contributed by atoms with Crippen molar-refractivity contribution in [1.29, 1.82) is 0 Å². The van der Waals surface area contributed by atoms with Gasteiger partial charge in [0.1, 0.15) is 0 Å². The summed E-state index contributed by atoms with van der Waals surface area (Å²) in [6.45, 7) is 6.08. The van der Waals surface area contributed by atoms with Gasteiger partial charge in [0.05, 0.1) is 6.04 Å². The molecule has 1 N–H and O–H groups in total. The maximum atomic E-state index is 11.4. The van der Waals surface area contributed by atoms with Gasteiger partial charge in [-0.2, -0.15) is 0 Å². The van der Waals surface area contributed by atoms with E-state index in [0.717, 1.165) is 6.42 Å². The molecule has 0 rings (SSSR count). The summed E-state index contributed by atoms with van der Waals surface area (Å²) in [6.07, 6.45) is 1.05. The molecular formula is C9H20N2O. The van der Waals surface area contributed by atoms with Crippen LogP contribution in [0, 0.1) is 0 Å². The zero-order chi connectivity index (χ0) is 9.72. The van der Waals surface area contributed by atoms with Gasteiger partial charge in [0, 0.05) is 20.1 Å². The molecule has 3 heteroatoms. The van der Waals surface area contributed by atoms with Crippen molar-refractivity contribution in [3.63, 3.8) is 0 Å². The average Bonchev–Trinajstić information content (AvgIpc) is 2.02. The molecule has 72 valence electrons. The van der Waals surface area contributed by atoms with Gasteiger partial charge in [-0.1, -0.05) is 6.92 Å². The van der Waals surface area contributed by atoms with E-state index in [2.05, 4.69) is 19.2 Å². The molecule has 0 aliphatic rings. The molecule has 2 atom stereocenters. The number of likely N-dealkylation sites (N-methyl/N-ethyl adjacent to an activating group) is 1. The van der Waals surface area contributed by atoms with Crippen LogP contribution < -0.4 is 5.32 Å². The standard InChI is InChI=1S/C9H20N2O/c1-6-7(2)10-8(3)9(12)11(4)5/h7-8,10H,6H2,1-5H3/t7?,8-/m1/s1. The highest BCUT2D eigenvalue weighted by molar-refractivity contribution is 5.80. The normalized spacial score (nSPS) is 15.4. The van der Waals surface area contributed by atoms with Crippen molar-refractivity contribution in [2.45, 2.75) is 39.3 Å². The molecule has 3 nitrogen and oxygen atoms in total. The summed E-state index contributed by atoms with van der Waals surface area (Å²) in [5.74, 6) is 0.135. The maximum Gasteiger partial charge on any atom is 0.238 e. The van der Waals surface area contributed by atoms with Crippen molar-refractivity contribution in [1.82, 2.24) is 10.2 Å². The van der Waals surface area contributed by atoms with Crippen LogP contribution in [-0.2, 0) is 4.79 Å². The van der Waals surface area contributed by atoms with Gasteiger partial charge >= 0.3 is 0 Å². The minimum atomic E-state index is -0.0741. The Morgan fingerprint density at radius 2 is 1.92 bits per heavy atom. The van der Waals surface area contributed by atoms with Gasteiger partial charge in [-0.05, 0) is 20.3 Å². The van der Waals surface area contributed by atoms with Gasteiger partial charge in [-0.15, -0.1) is 0 Å². The molecule has 0 heterocycles. The fraction of sp³-hybridized carbons (Fsp3) is 0.889. The molecule has 0 radical (unpaired) electrons. The van der Waals surface area contributed by atoms with E-state index >= 15 is 0 Å². The molecule has 0 fully saturated rings. The fourth-order valence-corrected chi connectivity index (χ4v) is 1.00. The largest absolute Gasteiger partial charge is 0.347 e. The summed E-state index contributed by atoms with van der Waals surface area (Å²) in [5, 5.41) is 3.22. The topological polar surface area (TPSA) is 32.3 Å². The maximum absolute atomic E-state index is 11.4. The van der Waals surface area contributed by atoms with Crippen molar-refractivity contribution < 1.29 is 4.79 Å². The number of nitrogens with zero attached hydrogens (tertiary/aromatic N) is 1. The third-order valence-electron chi connectivity index (χ3n) is 1.96. The van der Waals surface area contributed by atoms with Crippen LogP contribution in [0.4, 0.5) is 0 Å². The summed E-state index contributed by atoms with van der Waals surface area (Å²) >= 11 is 0. The number of carbonyl (C=O) groups is 1. The van der Waals surface area contributed by atoms with E-state index in [0.29, 0.717) is 6.04 Å². The van der Waals surface area contributed by atoms with Crippen LogP contribution in [-0.4, -0.2) is 37.0 Å². The van der Waals surface area contributed by atoms with Gasteiger partial charge in [0.25, 0.3) is 0 Å². The number of amides is 1. The minimum absolute atomic E-state index is 0.0741. The summed E-state index contributed by atoms with van der Waals surface area (Å²) in [7, 11) is 3.55. The molecule has 0 aromatic rings.